The van der Waals surface area contributed by atoms with Crippen molar-refractivity contribution in [3.63, 3.8) is 0 Å². The van der Waals surface area contributed by atoms with Crippen molar-refractivity contribution in [2.45, 2.75) is 6.92 Å². The molecular weight excluding hydrogens is 420 g/mol. The van der Waals surface area contributed by atoms with Gasteiger partial charge in [0.15, 0.2) is 0 Å². The van der Waals surface area contributed by atoms with Crippen LogP contribution >= 0.6 is 0 Å². The van der Waals surface area contributed by atoms with E-state index >= 15 is 0 Å². The highest BCUT2D eigenvalue weighted by molar-refractivity contribution is 6.00. The number of rotatable bonds is 3. The van der Waals surface area contributed by atoms with Crippen molar-refractivity contribution in [1.82, 2.24) is 20.3 Å². The Morgan fingerprint density at radius 2 is 1.79 bits per heavy atom. The molecular formula is C28H24N6. The molecule has 0 saturated carbocycles. The van der Waals surface area contributed by atoms with Gasteiger partial charge in [-0.1, -0.05) is 24.3 Å². The molecule has 0 radical (unpaired) electrons. The van der Waals surface area contributed by atoms with Gasteiger partial charge < -0.3 is 15.2 Å². The van der Waals surface area contributed by atoms with Crippen LogP contribution in [-0.2, 0) is 0 Å². The van der Waals surface area contributed by atoms with E-state index in [0.717, 1.165) is 70.8 Å². The minimum atomic E-state index is 0.593. The number of aromatic nitrogens is 3. The van der Waals surface area contributed by atoms with Gasteiger partial charge in [0.25, 0.3) is 0 Å². The van der Waals surface area contributed by atoms with Gasteiger partial charge in [0.1, 0.15) is 11.9 Å². The third kappa shape index (κ3) is 3.38. The zero-order valence-electron chi connectivity index (χ0n) is 19.0. The number of hydrogen-bond acceptors (Lipinski definition) is 5. The Kier molecular flexibility index (Phi) is 4.97. The summed E-state index contributed by atoms with van der Waals surface area (Å²) in [7, 11) is 0. The Morgan fingerprint density at radius 1 is 0.941 bits per heavy atom. The second-order valence-electron chi connectivity index (χ2n) is 8.70. The van der Waals surface area contributed by atoms with Gasteiger partial charge in [-0.15, -0.1) is 0 Å². The van der Waals surface area contributed by atoms with E-state index in [1.54, 1.807) is 6.20 Å². The van der Waals surface area contributed by atoms with Crippen LogP contribution in [0, 0.1) is 18.3 Å². The Bertz CT molecular complexity index is 1550. The highest BCUT2D eigenvalue weighted by Crippen LogP contribution is 2.35. The Balaban J connectivity index is 1.40. The fraction of sp³-hybridized carbons (Fsp3) is 0.179. The predicted molar refractivity (Wildman–Crippen MR) is 137 cm³/mol. The van der Waals surface area contributed by atoms with Gasteiger partial charge in [0.2, 0.25) is 0 Å². The van der Waals surface area contributed by atoms with Crippen molar-refractivity contribution in [1.29, 1.82) is 5.26 Å². The number of aromatic amines is 1. The molecule has 3 aromatic heterocycles. The van der Waals surface area contributed by atoms with E-state index < -0.39 is 0 Å². The van der Waals surface area contributed by atoms with Crippen LogP contribution in [-0.4, -0.2) is 41.1 Å². The van der Waals surface area contributed by atoms with Crippen LogP contribution < -0.4 is 10.2 Å². The SMILES string of the molecule is Cc1c(-c2ccc(N3CCNCC3)nc2)[nH]c2cc(-c3ccc(C#N)c4ncccc34)ccc12. The Hall–Kier alpha value is -4.21. The molecule has 4 heterocycles. The first kappa shape index (κ1) is 20.4. The lowest BCUT2D eigenvalue weighted by Crippen LogP contribution is -2.43. The second kappa shape index (κ2) is 8.29. The topological polar surface area (TPSA) is 80.6 Å². The molecule has 5 aromatic rings. The van der Waals surface area contributed by atoms with Crippen molar-refractivity contribution >= 4 is 27.6 Å². The van der Waals surface area contributed by atoms with Crippen molar-refractivity contribution in [2.75, 3.05) is 31.1 Å². The minimum Gasteiger partial charge on any atom is -0.354 e. The van der Waals surface area contributed by atoms with Gasteiger partial charge in [0, 0.05) is 60.4 Å². The zero-order chi connectivity index (χ0) is 23.1. The van der Waals surface area contributed by atoms with Crippen LogP contribution in [0.1, 0.15) is 11.1 Å². The molecule has 0 spiro atoms. The molecule has 0 aliphatic carbocycles. The van der Waals surface area contributed by atoms with E-state index in [-0.39, 0.29) is 0 Å². The van der Waals surface area contributed by atoms with Gasteiger partial charge >= 0.3 is 0 Å². The number of H-pyrrole nitrogens is 1. The fourth-order valence-electron chi connectivity index (χ4n) is 4.92. The average Bonchev–Trinajstić information content (AvgIpc) is 3.24. The van der Waals surface area contributed by atoms with E-state index in [2.05, 4.69) is 63.5 Å². The van der Waals surface area contributed by atoms with Crippen molar-refractivity contribution in [2.24, 2.45) is 0 Å². The van der Waals surface area contributed by atoms with Gasteiger partial charge in [-0.05, 0) is 53.9 Å². The summed E-state index contributed by atoms with van der Waals surface area (Å²) in [5.74, 6) is 1.03. The number of benzene rings is 2. The maximum atomic E-state index is 9.47. The van der Waals surface area contributed by atoms with Crippen LogP contribution in [0.3, 0.4) is 0 Å². The van der Waals surface area contributed by atoms with Gasteiger partial charge in [-0.25, -0.2) is 4.98 Å². The Morgan fingerprint density at radius 3 is 2.59 bits per heavy atom. The number of anilines is 1. The zero-order valence-corrected chi connectivity index (χ0v) is 19.0. The lowest BCUT2D eigenvalue weighted by molar-refractivity contribution is 0.585. The summed E-state index contributed by atoms with van der Waals surface area (Å²) in [6.07, 6.45) is 3.70. The molecule has 6 heteroatoms. The normalized spacial score (nSPS) is 13.9. The fourth-order valence-corrected chi connectivity index (χ4v) is 4.92. The van der Waals surface area contributed by atoms with E-state index in [9.17, 15) is 5.26 Å². The third-order valence-electron chi connectivity index (χ3n) is 6.74. The average molecular weight is 445 g/mol. The summed E-state index contributed by atoms with van der Waals surface area (Å²) in [5, 5.41) is 15.0. The molecule has 6 nitrogen and oxygen atoms in total. The van der Waals surface area contributed by atoms with Crippen LogP contribution in [0.5, 0.6) is 0 Å². The van der Waals surface area contributed by atoms with Crippen molar-refractivity contribution < 1.29 is 0 Å². The lowest BCUT2D eigenvalue weighted by Gasteiger charge is -2.28. The molecule has 0 unspecified atom stereocenters. The van der Waals surface area contributed by atoms with Crippen LogP contribution in [0.2, 0.25) is 0 Å². The van der Waals surface area contributed by atoms with E-state index in [4.69, 9.17) is 4.98 Å². The summed E-state index contributed by atoms with van der Waals surface area (Å²) >= 11 is 0. The molecule has 0 atom stereocenters. The van der Waals surface area contributed by atoms with Crippen molar-refractivity contribution in [3.05, 3.63) is 78.1 Å². The predicted octanol–water partition coefficient (Wildman–Crippen LogP) is 5.03. The highest BCUT2D eigenvalue weighted by atomic mass is 15.2. The molecule has 2 N–H and O–H groups in total. The van der Waals surface area contributed by atoms with Crippen LogP contribution in [0.4, 0.5) is 5.82 Å². The number of nitrogens with zero attached hydrogens (tertiary/aromatic N) is 4. The number of aryl methyl sites for hydroxylation is 1. The third-order valence-corrected chi connectivity index (χ3v) is 6.74. The van der Waals surface area contributed by atoms with Gasteiger partial charge in [-0.2, -0.15) is 5.26 Å². The number of pyridine rings is 2. The number of fused-ring (bicyclic) bond motifs is 2. The summed E-state index contributed by atoms with van der Waals surface area (Å²) < 4.78 is 0. The number of piperazine rings is 1. The standard InChI is InChI=1S/C28H24N6/c1-18-22-7-4-19(23-8-5-20(16-29)28-24(23)3-2-10-31-28)15-25(22)33-27(18)21-6-9-26(32-17-21)34-13-11-30-12-14-34/h2-10,15,17,30,33H,11-14H2,1H3. The summed E-state index contributed by atoms with van der Waals surface area (Å²) in [4.78, 5) is 15.2. The molecule has 34 heavy (non-hydrogen) atoms. The van der Waals surface area contributed by atoms with E-state index in [0.29, 0.717) is 5.56 Å². The molecule has 2 aromatic carbocycles. The molecule has 0 bridgehead atoms. The monoisotopic (exact) mass is 444 g/mol. The second-order valence-corrected chi connectivity index (χ2v) is 8.70. The summed E-state index contributed by atoms with van der Waals surface area (Å²) in [6, 6.07) is 20.8. The highest BCUT2D eigenvalue weighted by Gasteiger charge is 2.15. The molecule has 1 fully saturated rings. The maximum absolute atomic E-state index is 9.47. The molecule has 1 aliphatic heterocycles. The number of nitriles is 1. The number of nitrogens with one attached hydrogen (secondary N) is 2. The van der Waals surface area contributed by atoms with E-state index in [1.165, 1.54) is 10.9 Å². The first-order chi connectivity index (χ1) is 16.7. The molecule has 0 amide bonds. The lowest BCUT2D eigenvalue weighted by atomic mass is 9.97. The smallest absolute Gasteiger partial charge is 0.128 e. The van der Waals surface area contributed by atoms with Crippen LogP contribution in [0.15, 0.2) is 67.0 Å². The van der Waals surface area contributed by atoms with Crippen molar-refractivity contribution in [3.8, 4) is 28.5 Å². The maximum Gasteiger partial charge on any atom is 0.128 e. The molecule has 1 saturated heterocycles. The largest absolute Gasteiger partial charge is 0.354 e. The quantitative estimate of drug-likeness (QED) is 0.408. The first-order valence-corrected chi connectivity index (χ1v) is 11.6. The molecule has 166 valence electrons. The van der Waals surface area contributed by atoms with E-state index in [1.807, 2.05) is 30.5 Å². The minimum absolute atomic E-state index is 0.593. The number of hydrogen-bond donors (Lipinski definition) is 2. The molecule has 6 rings (SSSR count). The van der Waals surface area contributed by atoms with Crippen LogP contribution in [0.25, 0.3) is 44.2 Å². The van der Waals surface area contributed by atoms with Gasteiger partial charge in [0.05, 0.1) is 16.8 Å². The molecule has 1 aliphatic rings. The van der Waals surface area contributed by atoms with Gasteiger partial charge in [-0.3, -0.25) is 4.98 Å². The first-order valence-electron chi connectivity index (χ1n) is 11.6. The summed E-state index contributed by atoms with van der Waals surface area (Å²) in [5.41, 5.74) is 7.97. The summed E-state index contributed by atoms with van der Waals surface area (Å²) in [6.45, 7) is 6.12. The Labute approximate surface area is 197 Å².